The highest BCUT2D eigenvalue weighted by atomic mass is 16.5. The van der Waals surface area contributed by atoms with Gasteiger partial charge in [-0.2, -0.15) is 0 Å². The number of hydrogen-bond acceptors (Lipinski definition) is 2. The lowest BCUT2D eigenvalue weighted by Crippen LogP contribution is -2.24. The third kappa shape index (κ3) is 2.51. The molecule has 2 nitrogen and oxygen atoms in total. The van der Waals surface area contributed by atoms with Gasteiger partial charge < -0.3 is 10.1 Å². The van der Waals surface area contributed by atoms with Crippen LogP contribution in [0.15, 0.2) is 24.3 Å². The van der Waals surface area contributed by atoms with Gasteiger partial charge in [0.25, 0.3) is 0 Å². The average molecular weight is 205 g/mol. The number of para-hydroxylation sites is 1. The van der Waals surface area contributed by atoms with E-state index in [1.807, 2.05) is 13.1 Å². The molecule has 0 amide bonds. The lowest BCUT2D eigenvalue weighted by molar-refractivity contribution is 0.213. The zero-order valence-electron chi connectivity index (χ0n) is 9.49. The van der Waals surface area contributed by atoms with Crippen molar-refractivity contribution in [3.63, 3.8) is 0 Å². The van der Waals surface area contributed by atoms with Gasteiger partial charge in [-0.25, -0.2) is 0 Å². The Bertz CT molecular complexity index is 299. The van der Waals surface area contributed by atoms with Crippen molar-refractivity contribution in [1.82, 2.24) is 5.32 Å². The number of rotatable bonds is 4. The minimum atomic E-state index is 0.387. The molecule has 2 atom stereocenters. The van der Waals surface area contributed by atoms with Gasteiger partial charge in [0.05, 0.1) is 0 Å². The van der Waals surface area contributed by atoms with Crippen LogP contribution in [0.2, 0.25) is 0 Å². The minimum absolute atomic E-state index is 0.387. The number of benzene rings is 1. The number of nitrogens with one attached hydrogen (secondary N) is 1. The Morgan fingerprint density at radius 3 is 3.00 bits per heavy atom. The van der Waals surface area contributed by atoms with Gasteiger partial charge in [-0.1, -0.05) is 18.2 Å². The lowest BCUT2D eigenvalue weighted by Gasteiger charge is -2.14. The van der Waals surface area contributed by atoms with E-state index in [-0.39, 0.29) is 0 Å². The van der Waals surface area contributed by atoms with Gasteiger partial charge in [-0.15, -0.1) is 0 Å². The van der Waals surface area contributed by atoms with Crippen molar-refractivity contribution < 1.29 is 4.74 Å². The molecule has 82 valence electrons. The summed E-state index contributed by atoms with van der Waals surface area (Å²) in [5.41, 5.74) is 1.36. The first-order valence-corrected chi connectivity index (χ1v) is 5.71. The Morgan fingerprint density at radius 1 is 1.47 bits per heavy atom. The predicted molar refractivity (Wildman–Crippen MR) is 62.3 cm³/mol. The van der Waals surface area contributed by atoms with E-state index in [1.54, 1.807) is 0 Å². The molecule has 1 aliphatic heterocycles. The summed E-state index contributed by atoms with van der Waals surface area (Å²) in [6.45, 7) is 2.21. The van der Waals surface area contributed by atoms with Crippen molar-refractivity contribution in [3.8, 4) is 5.75 Å². The summed E-state index contributed by atoms with van der Waals surface area (Å²) >= 11 is 0. The van der Waals surface area contributed by atoms with E-state index >= 15 is 0 Å². The molecule has 0 radical (unpaired) electrons. The van der Waals surface area contributed by atoms with E-state index in [0.717, 1.165) is 18.6 Å². The molecule has 0 aliphatic carbocycles. The van der Waals surface area contributed by atoms with Crippen molar-refractivity contribution in [3.05, 3.63) is 29.8 Å². The van der Waals surface area contributed by atoms with Crippen LogP contribution in [0.25, 0.3) is 0 Å². The molecule has 0 saturated carbocycles. The summed E-state index contributed by atoms with van der Waals surface area (Å²) in [6.07, 6.45) is 3.77. The second-order valence-electron chi connectivity index (χ2n) is 4.32. The molecule has 1 aromatic carbocycles. The van der Waals surface area contributed by atoms with Gasteiger partial charge in [0.15, 0.2) is 0 Å². The van der Waals surface area contributed by atoms with Crippen LogP contribution < -0.4 is 10.1 Å². The van der Waals surface area contributed by atoms with Crippen LogP contribution >= 0.6 is 0 Å². The Hall–Kier alpha value is -1.02. The van der Waals surface area contributed by atoms with Gasteiger partial charge in [0, 0.05) is 12.5 Å². The lowest BCUT2D eigenvalue weighted by atomic mass is 10.0. The van der Waals surface area contributed by atoms with Gasteiger partial charge in [-0.05, 0) is 38.4 Å². The SMILES string of the molecule is CNC(C)CCC1Cc2ccccc2O1. The monoisotopic (exact) mass is 205 g/mol. The van der Waals surface area contributed by atoms with Crippen LogP contribution in [0.1, 0.15) is 25.3 Å². The molecule has 1 N–H and O–H groups in total. The summed E-state index contributed by atoms with van der Waals surface area (Å²) in [5, 5.41) is 3.25. The van der Waals surface area contributed by atoms with E-state index in [0.29, 0.717) is 12.1 Å². The van der Waals surface area contributed by atoms with Crippen LogP contribution in [-0.2, 0) is 6.42 Å². The molecule has 0 bridgehead atoms. The number of fused-ring (bicyclic) bond motifs is 1. The summed E-state index contributed by atoms with van der Waals surface area (Å²) < 4.78 is 5.87. The van der Waals surface area contributed by atoms with E-state index in [1.165, 1.54) is 12.0 Å². The summed E-state index contributed by atoms with van der Waals surface area (Å²) in [7, 11) is 2.01. The highest BCUT2D eigenvalue weighted by Crippen LogP contribution is 2.29. The Labute approximate surface area is 91.6 Å². The quantitative estimate of drug-likeness (QED) is 0.815. The maximum atomic E-state index is 5.87. The smallest absolute Gasteiger partial charge is 0.123 e. The fourth-order valence-electron chi connectivity index (χ4n) is 2.00. The van der Waals surface area contributed by atoms with Crippen LogP contribution in [0.4, 0.5) is 0 Å². The second-order valence-corrected chi connectivity index (χ2v) is 4.32. The molecule has 2 heteroatoms. The van der Waals surface area contributed by atoms with Gasteiger partial charge >= 0.3 is 0 Å². The first kappa shape index (κ1) is 10.5. The summed E-state index contributed by atoms with van der Waals surface area (Å²) in [5.74, 6) is 1.08. The maximum Gasteiger partial charge on any atom is 0.123 e. The van der Waals surface area contributed by atoms with Crippen molar-refractivity contribution in [1.29, 1.82) is 0 Å². The summed E-state index contributed by atoms with van der Waals surface area (Å²) in [6, 6.07) is 8.93. The fourth-order valence-corrected chi connectivity index (χ4v) is 2.00. The maximum absolute atomic E-state index is 5.87. The van der Waals surface area contributed by atoms with Crippen molar-refractivity contribution in [2.75, 3.05) is 7.05 Å². The van der Waals surface area contributed by atoms with Gasteiger partial charge in [0.2, 0.25) is 0 Å². The predicted octanol–water partition coefficient (Wildman–Crippen LogP) is 2.38. The van der Waals surface area contributed by atoms with Gasteiger partial charge in [0.1, 0.15) is 11.9 Å². The molecule has 1 aliphatic rings. The molecular formula is C13H19NO. The Kier molecular flexibility index (Phi) is 3.27. The first-order valence-electron chi connectivity index (χ1n) is 5.71. The molecule has 1 heterocycles. The zero-order valence-corrected chi connectivity index (χ0v) is 9.49. The Morgan fingerprint density at radius 2 is 2.27 bits per heavy atom. The molecule has 0 aromatic heterocycles. The number of hydrogen-bond donors (Lipinski definition) is 1. The topological polar surface area (TPSA) is 21.3 Å². The standard InChI is InChI=1S/C13H19NO/c1-10(14-2)7-8-12-9-11-5-3-4-6-13(11)15-12/h3-6,10,12,14H,7-9H2,1-2H3. The van der Waals surface area contributed by atoms with Crippen LogP contribution in [0, 0.1) is 0 Å². The third-order valence-corrected chi connectivity index (χ3v) is 3.13. The Balaban J connectivity index is 1.85. The van der Waals surface area contributed by atoms with Crippen molar-refractivity contribution in [2.24, 2.45) is 0 Å². The van der Waals surface area contributed by atoms with Gasteiger partial charge in [-0.3, -0.25) is 0 Å². The molecule has 0 fully saturated rings. The zero-order chi connectivity index (χ0) is 10.7. The van der Waals surface area contributed by atoms with E-state index in [4.69, 9.17) is 4.74 Å². The molecule has 0 spiro atoms. The van der Waals surface area contributed by atoms with E-state index in [2.05, 4.69) is 30.4 Å². The number of ether oxygens (including phenoxy) is 1. The van der Waals surface area contributed by atoms with Crippen LogP contribution in [0.5, 0.6) is 5.75 Å². The summed E-state index contributed by atoms with van der Waals surface area (Å²) in [4.78, 5) is 0. The normalized spacial score (nSPS) is 20.8. The van der Waals surface area contributed by atoms with Crippen LogP contribution in [0.3, 0.4) is 0 Å². The average Bonchev–Trinajstić information content (AvgIpc) is 2.68. The second kappa shape index (κ2) is 4.67. The molecular weight excluding hydrogens is 186 g/mol. The molecule has 0 saturated heterocycles. The van der Waals surface area contributed by atoms with E-state index < -0.39 is 0 Å². The molecule has 2 unspecified atom stereocenters. The van der Waals surface area contributed by atoms with Crippen LogP contribution in [-0.4, -0.2) is 19.2 Å². The highest BCUT2D eigenvalue weighted by Gasteiger charge is 2.22. The van der Waals surface area contributed by atoms with Crippen molar-refractivity contribution >= 4 is 0 Å². The minimum Gasteiger partial charge on any atom is -0.490 e. The van der Waals surface area contributed by atoms with E-state index in [9.17, 15) is 0 Å². The van der Waals surface area contributed by atoms with Crippen molar-refractivity contribution in [2.45, 2.75) is 38.3 Å². The molecule has 2 rings (SSSR count). The molecule has 15 heavy (non-hydrogen) atoms. The first-order chi connectivity index (χ1) is 7.29. The highest BCUT2D eigenvalue weighted by molar-refractivity contribution is 5.37. The fraction of sp³-hybridized carbons (Fsp3) is 0.538. The molecule has 1 aromatic rings. The third-order valence-electron chi connectivity index (χ3n) is 3.13. The largest absolute Gasteiger partial charge is 0.490 e.